The molecule has 0 saturated heterocycles. The molecular weight excluding hydrogens is 478 g/mol. The Morgan fingerprint density at radius 1 is 1.05 bits per heavy atom. The number of carbonyl (C=O) groups is 1. The second kappa shape index (κ2) is 11.3. The van der Waals surface area contributed by atoms with E-state index in [0.717, 1.165) is 41.0 Å². The molecule has 0 spiro atoms. The minimum Gasteiger partial charge on any atom is -0.373 e. The summed E-state index contributed by atoms with van der Waals surface area (Å²) < 4.78 is 1.52. The highest BCUT2D eigenvalue weighted by Crippen LogP contribution is 2.26. The number of hydrogen-bond acceptors (Lipinski definition) is 7. The van der Waals surface area contributed by atoms with E-state index in [9.17, 15) is 9.59 Å². The zero-order chi connectivity index (χ0) is 27.4. The molecule has 0 saturated carbocycles. The fraction of sp³-hybridized carbons (Fsp3) is 0.241. The van der Waals surface area contributed by atoms with E-state index in [0.29, 0.717) is 23.0 Å². The largest absolute Gasteiger partial charge is 0.373 e. The molecule has 2 N–H and O–H groups in total. The molecule has 9 nitrogen and oxygen atoms in total. The molecule has 0 radical (unpaired) electrons. The van der Waals surface area contributed by atoms with E-state index in [1.165, 1.54) is 10.6 Å². The summed E-state index contributed by atoms with van der Waals surface area (Å²) in [6, 6.07) is 14.8. The Morgan fingerprint density at radius 2 is 1.84 bits per heavy atom. The first-order valence-corrected chi connectivity index (χ1v) is 12.3. The molecule has 196 valence electrons. The van der Waals surface area contributed by atoms with Crippen LogP contribution in [0.5, 0.6) is 0 Å². The van der Waals surface area contributed by atoms with Crippen LogP contribution in [-0.4, -0.2) is 59.6 Å². The Morgan fingerprint density at radius 3 is 2.55 bits per heavy atom. The van der Waals surface area contributed by atoms with E-state index < -0.39 is 0 Å². The number of hydrogen-bond donors (Lipinski definition) is 2. The van der Waals surface area contributed by atoms with Gasteiger partial charge in [0, 0.05) is 54.8 Å². The molecule has 0 aliphatic rings. The van der Waals surface area contributed by atoms with Crippen molar-refractivity contribution < 1.29 is 4.79 Å². The van der Waals surface area contributed by atoms with Gasteiger partial charge in [-0.25, -0.2) is 4.98 Å². The summed E-state index contributed by atoms with van der Waals surface area (Å²) in [6.07, 6.45) is 2.92. The number of likely N-dealkylation sites (N-methyl/N-ethyl adjacent to an activating group) is 2. The smallest absolute Gasteiger partial charge is 0.257 e. The molecule has 4 rings (SSSR count). The lowest BCUT2D eigenvalue weighted by atomic mass is 10.1. The number of fused-ring (bicyclic) bond motifs is 1. The second-order valence-electron chi connectivity index (χ2n) is 9.52. The van der Waals surface area contributed by atoms with Crippen molar-refractivity contribution in [1.82, 2.24) is 19.4 Å². The topological polar surface area (TPSA) is 95.4 Å². The zero-order valence-corrected chi connectivity index (χ0v) is 22.4. The van der Waals surface area contributed by atoms with E-state index in [2.05, 4.69) is 65.3 Å². The Hall–Kier alpha value is -4.50. The number of aryl methyl sites for hydroxylation is 2. The van der Waals surface area contributed by atoms with Gasteiger partial charge in [-0.05, 0) is 81.5 Å². The Labute approximate surface area is 222 Å². The molecule has 0 unspecified atom stereocenters. The normalized spacial score (nSPS) is 11.0. The number of rotatable bonds is 9. The monoisotopic (exact) mass is 511 g/mol. The highest BCUT2D eigenvalue weighted by molar-refractivity contribution is 5.99. The third-order valence-electron chi connectivity index (χ3n) is 6.30. The van der Waals surface area contributed by atoms with E-state index >= 15 is 0 Å². The average molecular weight is 512 g/mol. The maximum Gasteiger partial charge on any atom is 0.257 e. The predicted octanol–water partition coefficient (Wildman–Crippen LogP) is 4.26. The summed E-state index contributed by atoms with van der Waals surface area (Å²) in [5, 5.41) is 6.80. The van der Waals surface area contributed by atoms with Gasteiger partial charge in [-0.1, -0.05) is 12.6 Å². The summed E-state index contributed by atoms with van der Waals surface area (Å²) in [6.45, 7) is 9.27. The SMILES string of the molecule is C=CC(=O)Nc1cccc(-n2c(=O)cc(C)c3cnc(Nc4ccc(N(C)CCN(C)C)cc4C)nc32)c1. The molecule has 0 aliphatic heterocycles. The number of nitrogens with zero attached hydrogens (tertiary/aromatic N) is 5. The summed E-state index contributed by atoms with van der Waals surface area (Å²) in [7, 11) is 6.21. The van der Waals surface area contributed by atoms with Crippen LogP contribution in [-0.2, 0) is 4.79 Å². The lowest BCUT2D eigenvalue weighted by molar-refractivity contribution is -0.111. The van der Waals surface area contributed by atoms with Crippen molar-refractivity contribution in [2.75, 3.05) is 49.8 Å². The van der Waals surface area contributed by atoms with Crippen molar-refractivity contribution in [3.05, 3.63) is 88.9 Å². The summed E-state index contributed by atoms with van der Waals surface area (Å²) >= 11 is 0. The summed E-state index contributed by atoms with van der Waals surface area (Å²) in [5.41, 5.74) is 5.21. The van der Waals surface area contributed by atoms with Gasteiger partial charge < -0.3 is 20.4 Å². The van der Waals surface area contributed by atoms with Crippen molar-refractivity contribution >= 4 is 40.0 Å². The number of pyridine rings is 1. The van der Waals surface area contributed by atoms with Gasteiger partial charge in [0.1, 0.15) is 0 Å². The van der Waals surface area contributed by atoms with Gasteiger partial charge in [-0.15, -0.1) is 0 Å². The van der Waals surface area contributed by atoms with Crippen LogP contribution in [0.4, 0.5) is 23.0 Å². The molecule has 38 heavy (non-hydrogen) atoms. The average Bonchev–Trinajstić information content (AvgIpc) is 2.88. The molecule has 0 bridgehead atoms. The Kier molecular flexibility index (Phi) is 7.87. The van der Waals surface area contributed by atoms with E-state index in [-0.39, 0.29) is 11.5 Å². The maximum absolute atomic E-state index is 13.1. The zero-order valence-electron chi connectivity index (χ0n) is 22.4. The van der Waals surface area contributed by atoms with Crippen LogP contribution in [0.1, 0.15) is 11.1 Å². The maximum atomic E-state index is 13.1. The standard InChI is InChI=1S/C29H33N7O2/c1-7-26(37)31-21-9-8-10-23(17-21)36-27(38)16-19(2)24-18-30-29(33-28(24)36)32-25-12-11-22(15-20(25)3)35(6)14-13-34(4)5/h7-12,15-18H,1,13-14H2,2-6H3,(H,31,37)(H,30,32,33). The van der Waals surface area contributed by atoms with Crippen LogP contribution < -0.4 is 21.1 Å². The molecule has 2 aromatic carbocycles. The first kappa shape index (κ1) is 26.6. The van der Waals surface area contributed by atoms with Crippen LogP contribution in [0.2, 0.25) is 0 Å². The second-order valence-corrected chi connectivity index (χ2v) is 9.52. The van der Waals surface area contributed by atoms with Gasteiger partial charge in [0.05, 0.1) is 5.69 Å². The van der Waals surface area contributed by atoms with Crippen LogP contribution in [0.3, 0.4) is 0 Å². The summed E-state index contributed by atoms with van der Waals surface area (Å²) in [5.74, 6) is 0.0477. The van der Waals surface area contributed by atoms with Gasteiger partial charge in [0.15, 0.2) is 5.65 Å². The molecule has 2 aromatic heterocycles. The summed E-state index contributed by atoms with van der Waals surface area (Å²) in [4.78, 5) is 38.6. The molecule has 0 fully saturated rings. The first-order chi connectivity index (χ1) is 18.2. The molecule has 0 aliphatic carbocycles. The van der Waals surface area contributed by atoms with Crippen LogP contribution in [0.25, 0.3) is 16.7 Å². The van der Waals surface area contributed by atoms with Crippen molar-refractivity contribution in [3.63, 3.8) is 0 Å². The minimum absolute atomic E-state index is 0.229. The van der Waals surface area contributed by atoms with Crippen molar-refractivity contribution in [2.45, 2.75) is 13.8 Å². The highest BCUT2D eigenvalue weighted by Gasteiger charge is 2.13. The first-order valence-electron chi connectivity index (χ1n) is 12.3. The molecular formula is C29H33N7O2. The van der Waals surface area contributed by atoms with E-state index in [1.807, 2.05) is 19.9 Å². The fourth-order valence-corrected chi connectivity index (χ4v) is 4.10. The lowest BCUT2D eigenvalue weighted by Crippen LogP contribution is -2.28. The fourth-order valence-electron chi connectivity index (χ4n) is 4.10. The van der Waals surface area contributed by atoms with Crippen molar-refractivity contribution in [1.29, 1.82) is 0 Å². The molecule has 0 atom stereocenters. The lowest BCUT2D eigenvalue weighted by Gasteiger charge is -2.22. The van der Waals surface area contributed by atoms with Gasteiger partial charge in [0.25, 0.3) is 5.56 Å². The number of amides is 1. The van der Waals surface area contributed by atoms with Crippen LogP contribution in [0, 0.1) is 13.8 Å². The third kappa shape index (κ3) is 5.90. The van der Waals surface area contributed by atoms with Crippen LogP contribution >= 0.6 is 0 Å². The minimum atomic E-state index is -0.331. The van der Waals surface area contributed by atoms with Gasteiger partial charge in [0.2, 0.25) is 11.9 Å². The molecule has 2 heterocycles. The molecule has 4 aromatic rings. The van der Waals surface area contributed by atoms with Gasteiger partial charge in [-0.3, -0.25) is 14.2 Å². The predicted molar refractivity (Wildman–Crippen MR) is 155 cm³/mol. The van der Waals surface area contributed by atoms with Crippen molar-refractivity contribution in [3.8, 4) is 5.69 Å². The van der Waals surface area contributed by atoms with Crippen molar-refractivity contribution in [2.24, 2.45) is 0 Å². The van der Waals surface area contributed by atoms with Crippen LogP contribution in [0.15, 0.2) is 72.2 Å². The van der Waals surface area contributed by atoms with E-state index in [1.54, 1.807) is 36.5 Å². The number of carbonyl (C=O) groups excluding carboxylic acids is 1. The van der Waals surface area contributed by atoms with Gasteiger partial charge >= 0.3 is 0 Å². The van der Waals surface area contributed by atoms with E-state index in [4.69, 9.17) is 4.98 Å². The Bertz CT molecular complexity index is 1560. The highest BCUT2D eigenvalue weighted by atomic mass is 16.1. The van der Waals surface area contributed by atoms with Gasteiger partial charge in [-0.2, -0.15) is 4.98 Å². The number of anilines is 4. The number of nitrogens with one attached hydrogen (secondary N) is 2. The molecule has 9 heteroatoms. The number of aromatic nitrogens is 3. The number of benzene rings is 2. The third-order valence-corrected chi connectivity index (χ3v) is 6.30. The Balaban J connectivity index is 1.70. The quantitative estimate of drug-likeness (QED) is 0.324. The molecule has 1 amide bonds.